The van der Waals surface area contributed by atoms with Crippen molar-refractivity contribution in [1.82, 2.24) is 15.0 Å². The van der Waals surface area contributed by atoms with E-state index in [1.54, 1.807) is 18.4 Å². The smallest absolute Gasteiger partial charge is 0.137 e. The first kappa shape index (κ1) is 14.7. The van der Waals surface area contributed by atoms with E-state index in [2.05, 4.69) is 22.0 Å². The largest absolute Gasteiger partial charge is 0.380 e. The van der Waals surface area contributed by atoms with E-state index < -0.39 is 0 Å². The fourth-order valence-electron chi connectivity index (χ4n) is 2.97. The summed E-state index contributed by atoms with van der Waals surface area (Å²) < 4.78 is 11.0. The first-order chi connectivity index (χ1) is 10.2. The molecule has 1 aliphatic heterocycles. The number of aromatic nitrogens is 2. The number of aryl methyl sites for hydroxylation is 2. The van der Waals surface area contributed by atoms with Gasteiger partial charge in [0, 0.05) is 50.0 Å². The van der Waals surface area contributed by atoms with Crippen molar-refractivity contribution in [2.24, 2.45) is 5.92 Å². The van der Waals surface area contributed by atoms with Gasteiger partial charge < -0.3 is 9.26 Å². The predicted molar refractivity (Wildman–Crippen MR) is 81.4 cm³/mol. The summed E-state index contributed by atoms with van der Waals surface area (Å²) in [4.78, 5) is 8.12. The summed E-state index contributed by atoms with van der Waals surface area (Å²) in [6.45, 7) is 6.97. The third-order valence-corrected chi connectivity index (χ3v) is 5.03. The Morgan fingerprint density at radius 3 is 2.90 bits per heavy atom. The molecule has 5 nitrogen and oxygen atoms in total. The van der Waals surface area contributed by atoms with Gasteiger partial charge in [-0.25, -0.2) is 4.98 Å². The third-order valence-electron chi connectivity index (χ3n) is 4.11. The molecule has 1 saturated heterocycles. The van der Waals surface area contributed by atoms with Crippen LogP contribution in [0, 0.1) is 19.8 Å². The molecule has 0 N–H and O–H groups in total. The molecule has 0 bridgehead atoms. The van der Waals surface area contributed by atoms with Gasteiger partial charge in [-0.1, -0.05) is 5.16 Å². The number of methoxy groups -OCH3 is 1. The highest BCUT2D eigenvalue weighted by Gasteiger charge is 2.34. The molecule has 0 aromatic carbocycles. The van der Waals surface area contributed by atoms with E-state index in [1.165, 1.54) is 4.88 Å². The maximum absolute atomic E-state index is 5.67. The van der Waals surface area contributed by atoms with Gasteiger partial charge in [-0.15, -0.1) is 11.3 Å². The molecule has 0 spiro atoms. The molecule has 3 rings (SSSR count). The van der Waals surface area contributed by atoms with Crippen molar-refractivity contribution < 1.29 is 9.26 Å². The van der Waals surface area contributed by atoms with Gasteiger partial charge in [0.05, 0.1) is 23.0 Å². The van der Waals surface area contributed by atoms with E-state index in [4.69, 9.17) is 9.26 Å². The Morgan fingerprint density at radius 2 is 2.29 bits per heavy atom. The van der Waals surface area contributed by atoms with Crippen LogP contribution in [0.1, 0.15) is 22.0 Å². The van der Waals surface area contributed by atoms with Gasteiger partial charge in [-0.05, 0) is 13.8 Å². The number of ether oxygens (including phenoxy) is 1. The number of rotatable bonds is 5. The Hall–Kier alpha value is -1.24. The first-order valence-electron chi connectivity index (χ1n) is 7.22. The summed E-state index contributed by atoms with van der Waals surface area (Å²) >= 11 is 1.73. The average Bonchev–Trinajstić information content (AvgIpc) is 3.14. The van der Waals surface area contributed by atoms with E-state index in [1.807, 2.05) is 18.5 Å². The van der Waals surface area contributed by atoms with Crippen molar-refractivity contribution in [3.8, 4) is 0 Å². The van der Waals surface area contributed by atoms with Crippen LogP contribution in [0.15, 0.2) is 16.1 Å². The van der Waals surface area contributed by atoms with Gasteiger partial charge in [0.25, 0.3) is 0 Å². The van der Waals surface area contributed by atoms with Gasteiger partial charge in [0.15, 0.2) is 0 Å². The quantitative estimate of drug-likeness (QED) is 0.849. The van der Waals surface area contributed by atoms with Crippen molar-refractivity contribution in [3.63, 3.8) is 0 Å². The Labute approximate surface area is 128 Å². The van der Waals surface area contributed by atoms with Gasteiger partial charge in [-0.2, -0.15) is 0 Å². The van der Waals surface area contributed by atoms with Gasteiger partial charge in [0.1, 0.15) is 5.76 Å². The summed E-state index contributed by atoms with van der Waals surface area (Å²) in [5.41, 5.74) is 4.00. The molecule has 0 amide bonds. The highest BCUT2D eigenvalue weighted by Crippen LogP contribution is 2.26. The molecular formula is C15H21N3O2S. The molecule has 0 saturated carbocycles. The minimum absolute atomic E-state index is 0.253. The fourth-order valence-corrected chi connectivity index (χ4v) is 3.79. The fraction of sp³-hybridized carbons (Fsp3) is 0.600. The number of nitrogens with zero attached hydrogens (tertiary/aromatic N) is 3. The van der Waals surface area contributed by atoms with E-state index in [0.29, 0.717) is 5.92 Å². The zero-order chi connectivity index (χ0) is 14.8. The van der Waals surface area contributed by atoms with Crippen LogP contribution in [-0.4, -0.2) is 41.3 Å². The minimum atomic E-state index is 0.253. The second-order valence-corrected chi connectivity index (χ2v) is 6.67. The number of thiazole rings is 1. The Kier molecular flexibility index (Phi) is 4.37. The molecular weight excluding hydrogens is 286 g/mol. The molecule has 2 aromatic rings. The Morgan fingerprint density at radius 1 is 1.43 bits per heavy atom. The molecule has 2 atom stereocenters. The second-order valence-electron chi connectivity index (χ2n) is 5.73. The van der Waals surface area contributed by atoms with Crippen molar-refractivity contribution in [1.29, 1.82) is 0 Å². The van der Waals surface area contributed by atoms with E-state index in [0.717, 1.165) is 43.2 Å². The highest BCUT2D eigenvalue weighted by atomic mass is 32.1. The number of hydrogen-bond donors (Lipinski definition) is 0. The minimum Gasteiger partial charge on any atom is -0.380 e. The zero-order valence-corrected chi connectivity index (χ0v) is 13.5. The summed E-state index contributed by atoms with van der Waals surface area (Å²) in [5, 5.41) is 3.96. The summed E-state index contributed by atoms with van der Waals surface area (Å²) in [5.74, 6) is 1.41. The molecule has 2 aromatic heterocycles. The number of likely N-dealkylation sites (tertiary alicyclic amines) is 1. The Bertz CT molecular complexity index is 595. The maximum atomic E-state index is 5.67. The third kappa shape index (κ3) is 3.33. The van der Waals surface area contributed by atoms with Gasteiger partial charge in [0.2, 0.25) is 0 Å². The molecule has 6 heteroatoms. The van der Waals surface area contributed by atoms with Gasteiger partial charge >= 0.3 is 0 Å². The SMILES string of the molecule is CO[C@H]1CN(Cc2scnc2C)C[C@H]1Cc1cc(C)no1. The van der Waals surface area contributed by atoms with Crippen LogP contribution in [0.5, 0.6) is 0 Å². The second kappa shape index (κ2) is 6.25. The van der Waals surface area contributed by atoms with Crippen LogP contribution in [0.25, 0.3) is 0 Å². The van der Waals surface area contributed by atoms with Crippen molar-refractivity contribution in [2.45, 2.75) is 32.9 Å². The molecule has 1 aliphatic rings. The van der Waals surface area contributed by atoms with E-state index >= 15 is 0 Å². The highest BCUT2D eigenvalue weighted by molar-refractivity contribution is 7.09. The molecule has 114 valence electrons. The van der Waals surface area contributed by atoms with Crippen LogP contribution in [0.3, 0.4) is 0 Å². The lowest BCUT2D eigenvalue weighted by molar-refractivity contribution is 0.0762. The maximum Gasteiger partial charge on any atom is 0.137 e. The normalized spacial score (nSPS) is 23.0. The lowest BCUT2D eigenvalue weighted by Gasteiger charge is -2.14. The first-order valence-corrected chi connectivity index (χ1v) is 8.10. The lowest BCUT2D eigenvalue weighted by Crippen LogP contribution is -2.23. The van der Waals surface area contributed by atoms with Crippen LogP contribution >= 0.6 is 11.3 Å². The Balaban J connectivity index is 1.64. The molecule has 3 heterocycles. The molecule has 0 aliphatic carbocycles. The predicted octanol–water partition coefficient (Wildman–Crippen LogP) is 2.44. The average molecular weight is 307 g/mol. The topological polar surface area (TPSA) is 51.4 Å². The number of hydrogen-bond acceptors (Lipinski definition) is 6. The van der Waals surface area contributed by atoms with Gasteiger partial charge in [-0.3, -0.25) is 4.90 Å². The standard InChI is InChI=1S/C15H21N3O2S/c1-10-4-13(20-17-10)5-12-6-18(7-14(12)19-3)8-15-11(2)16-9-21-15/h4,9,12,14H,5-8H2,1-3H3/t12-,14+/m1/s1. The van der Waals surface area contributed by atoms with Crippen LogP contribution < -0.4 is 0 Å². The monoisotopic (exact) mass is 307 g/mol. The summed E-state index contributed by atoms with van der Waals surface area (Å²) in [7, 11) is 1.80. The molecule has 21 heavy (non-hydrogen) atoms. The molecule has 1 fully saturated rings. The van der Waals surface area contributed by atoms with Crippen molar-refractivity contribution in [2.75, 3.05) is 20.2 Å². The molecule has 0 unspecified atom stereocenters. The van der Waals surface area contributed by atoms with Crippen LogP contribution in [-0.2, 0) is 17.7 Å². The van der Waals surface area contributed by atoms with Crippen molar-refractivity contribution in [3.05, 3.63) is 33.6 Å². The lowest BCUT2D eigenvalue weighted by atomic mass is 10.0. The summed E-state index contributed by atoms with van der Waals surface area (Å²) in [6.07, 6.45) is 1.14. The zero-order valence-electron chi connectivity index (χ0n) is 12.7. The van der Waals surface area contributed by atoms with Crippen molar-refractivity contribution >= 4 is 11.3 Å². The van der Waals surface area contributed by atoms with Crippen LogP contribution in [0.2, 0.25) is 0 Å². The van der Waals surface area contributed by atoms with E-state index in [-0.39, 0.29) is 6.10 Å². The van der Waals surface area contributed by atoms with E-state index in [9.17, 15) is 0 Å². The molecule has 0 radical (unpaired) electrons. The summed E-state index contributed by atoms with van der Waals surface area (Å²) in [6, 6.07) is 2.02. The van der Waals surface area contributed by atoms with Crippen LogP contribution in [0.4, 0.5) is 0 Å².